The number of nitrogens with zero attached hydrogens (tertiary/aromatic N) is 2. The van der Waals surface area contributed by atoms with Crippen LogP contribution in [-0.2, 0) is 14.4 Å². The maximum Gasteiger partial charge on any atom is 0.326 e. The number of rotatable bonds is 6. The van der Waals surface area contributed by atoms with Gasteiger partial charge in [0.1, 0.15) is 6.54 Å². The number of unbranched alkanes of at least 4 members (excludes halogenated alkanes) is 1. The molecule has 0 aromatic heterocycles. The van der Waals surface area contributed by atoms with Crippen molar-refractivity contribution in [3.8, 4) is 0 Å². The average molecular weight is 296 g/mol. The number of carbonyl (C=O) groups excluding carboxylic acids is 4. The Balaban J connectivity index is 1.56. The highest BCUT2D eigenvalue weighted by atomic mass is 16.2. The molecule has 1 aliphatic heterocycles. The van der Waals surface area contributed by atoms with Crippen molar-refractivity contribution in [3.05, 3.63) is 0 Å². The molecule has 2 rings (SSSR count). The predicted octanol–water partition coefficient (Wildman–Crippen LogP) is -0.392. The minimum Gasteiger partial charge on any atom is -0.318 e. The molecule has 2 aliphatic rings. The summed E-state index contributed by atoms with van der Waals surface area (Å²) < 4.78 is 0. The Kier molecular flexibility index (Phi) is 4.77. The monoisotopic (exact) mass is 296 g/mol. The minimum absolute atomic E-state index is 0.0504. The van der Waals surface area contributed by atoms with Crippen LogP contribution in [0.5, 0.6) is 0 Å². The standard InChI is InChI=1S/C13H20N4O4/c1-16-8-11(19)17(13(16)21)7-3-2-4-10(18)14-15-12(20)9-5-6-9/h9H,2-8H2,1H3,(H,14,18)(H,15,20). The van der Waals surface area contributed by atoms with Crippen LogP contribution < -0.4 is 10.9 Å². The van der Waals surface area contributed by atoms with E-state index >= 15 is 0 Å². The van der Waals surface area contributed by atoms with E-state index in [1.165, 1.54) is 9.80 Å². The molecule has 2 N–H and O–H groups in total. The number of hydrogen-bond donors (Lipinski definition) is 2. The zero-order valence-corrected chi connectivity index (χ0v) is 12.1. The lowest BCUT2D eigenvalue weighted by molar-refractivity contribution is -0.129. The van der Waals surface area contributed by atoms with Gasteiger partial charge in [-0.25, -0.2) is 4.79 Å². The molecule has 116 valence electrons. The zero-order chi connectivity index (χ0) is 15.4. The van der Waals surface area contributed by atoms with Crippen molar-refractivity contribution in [2.24, 2.45) is 5.92 Å². The van der Waals surface area contributed by atoms with E-state index in [9.17, 15) is 19.2 Å². The number of imide groups is 1. The molecule has 1 aliphatic carbocycles. The maximum absolute atomic E-state index is 11.6. The molecule has 0 spiro atoms. The highest BCUT2D eigenvalue weighted by Crippen LogP contribution is 2.28. The number of likely N-dealkylation sites (N-methyl/N-ethyl adjacent to an activating group) is 1. The fraction of sp³-hybridized carbons (Fsp3) is 0.692. The second-order valence-electron chi connectivity index (χ2n) is 5.45. The molecular formula is C13H20N4O4. The summed E-state index contributed by atoms with van der Waals surface area (Å²) in [6, 6.07) is -0.291. The third-order valence-corrected chi connectivity index (χ3v) is 3.54. The van der Waals surface area contributed by atoms with E-state index in [0.717, 1.165) is 12.8 Å². The third-order valence-electron chi connectivity index (χ3n) is 3.54. The van der Waals surface area contributed by atoms with E-state index in [0.29, 0.717) is 19.4 Å². The zero-order valence-electron chi connectivity index (χ0n) is 12.1. The van der Waals surface area contributed by atoms with Gasteiger partial charge >= 0.3 is 6.03 Å². The number of nitrogens with one attached hydrogen (secondary N) is 2. The van der Waals surface area contributed by atoms with Gasteiger partial charge in [-0.2, -0.15) is 0 Å². The first-order valence-corrected chi connectivity index (χ1v) is 7.13. The van der Waals surface area contributed by atoms with E-state index in [4.69, 9.17) is 0 Å². The maximum atomic E-state index is 11.6. The van der Waals surface area contributed by atoms with Gasteiger partial charge in [0.2, 0.25) is 17.7 Å². The molecule has 0 unspecified atom stereocenters. The smallest absolute Gasteiger partial charge is 0.318 e. The molecule has 0 radical (unpaired) electrons. The van der Waals surface area contributed by atoms with Crippen molar-refractivity contribution in [2.45, 2.75) is 32.1 Å². The quantitative estimate of drug-likeness (QED) is 0.396. The topological polar surface area (TPSA) is 98.8 Å². The number of urea groups is 1. The summed E-state index contributed by atoms with van der Waals surface area (Å²) in [5, 5.41) is 0. The Morgan fingerprint density at radius 2 is 1.90 bits per heavy atom. The van der Waals surface area contributed by atoms with Crippen LogP contribution in [0.25, 0.3) is 0 Å². The van der Waals surface area contributed by atoms with Crippen molar-refractivity contribution in [1.29, 1.82) is 0 Å². The molecule has 0 atom stereocenters. The molecule has 1 heterocycles. The summed E-state index contributed by atoms with van der Waals surface area (Å²) in [4.78, 5) is 48.5. The second-order valence-corrected chi connectivity index (χ2v) is 5.45. The molecule has 0 bridgehead atoms. The molecule has 2 fully saturated rings. The Labute approximate surface area is 122 Å². The van der Waals surface area contributed by atoms with E-state index in [-0.39, 0.29) is 42.6 Å². The van der Waals surface area contributed by atoms with Gasteiger partial charge in [0.05, 0.1) is 0 Å². The minimum atomic E-state index is -0.291. The van der Waals surface area contributed by atoms with Gasteiger partial charge in [-0.3, -0.25) is 30.1 Å². The molecule has 21 heavy (non-hydrogen) atoms. The van der Waals surface area contributed by atoms with Gasteiger partial charge < -0.3 is 4.90 Å². The highest BCUT2D eigenvalue weighted by molar-refractivity contribution is 6.01. The predicted molar refractivity (Wildman–Crippen MR) is 72.6 cm³/mol. The van der Waals surface area contributed by atoms with Crippen molar-refractivity contribution >= 4 is 23.8 Å². The molecule has 0 aromatic carbocycles. The highest BCUT2D eigenvalue weighted by Gasteiger charge is 2.32. The summed E-state index contributed by atoms with van der Waals surface area (Å²) in [5.41, 5.74) is 4.75. The van der Waals surface area contributed by atoms with Gasteiger partial charge in [-0.1, -0.05) is 0 Å². The van der Waals surface area contributed by atoms with Crippen LogP contribution in [0.3, 0.4) is 0 Å². The van der Waals surface area contributed by atoms with Crippen LogP contribution in [0.1, 0.15) is 32.1 Å². The van der Waals surface area contributed by atoms with Gasteiger partial charge in [0.15, 0.2) is 0 Å². The van der Waals surface area contributed by atoms with E-state index < -0.39 is 0 Å². The Bertz CT molecular complexity index is 461. The lowest BCUT2D eigenvalue weighted by atomic mass is 10.2. The van der Waals surface area contributed by atoms with Crippen LogP contribution in [0, 0.1) is 5.92 Å². The summed E-state index contributed by atoms with van der Waals surface area (Å²) in [7, 11) is 1.58. The van der Waals surface area contributed by atoms with Crippen LogP contribution in [-0.4, -0.2) is 53.7 Å². The van der Waals surface area contributed by atoms with E-state index in [1.54, 1.807) is 7.05 Å². The summed E-state index contributed by atoms with van der Waals surface area (Å²) in [6.07, 6.45) is 3.13. The number of hydrogen-bond acceptors (Lipinski definition) is 4. The fourth-order valence-corrected chi connectivity index (χ4v) is 2.09. The van der Waals surface area contributed by atoms with Crippen molar-refractivity contribution < 1.29 is 19.2 Å². The molecule has 8 nitrogen and oxygen atoms in total. The number of hydrazine groups is 1. The van der Waals surface area contributed by atoms with Crippen LogP contribution in [0.15, 0.2) is 0 Å². The van der Waals surface area contributed by atoms with Crippen LogP contribution in [0.2, 0.25) is 0 Å². The fourth-order valence-electron chi connectivity index (χ4n) is 2.09. The Morgan fingerprint density at radius 3 is 2.48 bits per heavy atom. The first-order valence-electron chi connectivity index (χ1n) is 7.13. The lowest BCUT2D eigenvalue weighted by Gasteiger charge is -2.13. The first kappa shape index (κ1) is 15.3. The molecule has 1 saturated carbocycles. The van der Waals surface area contributed by atoms with Crippen LogP contribution in [0.4, 0.5) is 4.79 Å². The van der Waals surface area contributed by atoms with Crippen molar-refractivity contribution in [3.63, 3.8) is 0 Å². The van der Waals surface area contributed by atoms with Gasteiger partial charge in [-0.05, 0) is 25.7 Å². The second kappa shape index (κ2) is 6.55. The normalized spacial score (nSPS) is 18.1. The third kappa shape index (κ3) is 4.17. The van der Waals surface area contributed by atoms with E-state index in [2.05, 4.69) is 10.9 Å². The van der Waals surface area contributed by atoms with E-state index in [1.807, 2.05) is 0 Å². The van der Waals surface area contributed by atoms with Gasteiger partial charge in [0.25, 0.3) is 0 Å². The molecule has 8 heteroatoms. The molecule has 5 amide bonds. The SMILES string of the molecule is CN1CC(=O)N(CCCCC(=O)NNC(=O)C2CC2)C1=O. The Morgan fingerprint density at radius 1 is 1.19 bits per heavy atom. The first-order chi connectivity index (χ1) is 9.99. The number of carbonyl (C=O) groups is 4. The summed E-state index contributed by atoms with van der Waals surface area (Å²) in [5.74, 6) is -0.557. The Hall–Kier alpha value is -2.12. The van der Waals surface area contributed by atoms with Gasteiger partial charge in [-0.15, -0.1) is 0 Å². The van der Waals surface area contributed by atoms with Gasteiger partial charge in [0, 0.05) is 25.9 Å². The molecule has 0 aromatic rings. The number of amides is 5. The molecular weight excluding hydrogens is 276 g/mol. The van der Waals surface area contributed by atoms with Crippen LogP contribution >= 0.6 is 0 Å². The average Bonchev–Trinajstić information content (AvgIpc) is 3.24. The van der Waals surface area contributed by atoms with Crippen molar-refractivity contribution in [1.82, 2.24) is 20.7 Å². The summed E-state index contributed by atoms with van der Waals surface area (Å²) >= 11 is 0. The summed E-state index contributed by atoms with van der Waals surface area (Å²) in [6.45, 7) is 0.441. The van der Waals surface area contributed by atoms with Crippen molar-refractivity contribution in [2.75, 3.05) is 20.1 Å². The largest absolute Gasteiger partial charge is 0.326 e. The molecule has 1 saturated heterocycles. The lowest BCUT2D eigenvalue weighted by Crippen LogP contribution is -2.42.